The number of imidazole rings is 1. The molecular weight excluding hydrogens is 376 g/mol. The molecule has 1 saturated heterocycles. The average Bonchev–Trinajstić information content (AvgIpc) is 3.01. The van der Waals surface area contributed by atoms with Crippen LogP contribution >= 0.6 is 0 Å². The first kappa shape index (κ1) is 18.8. The lowest BCUT2D eigenvalue weighted by atomic mass is 10.2. The average molecular weight is 403 g/mol. The van der Waals surface area contributed by atoms with Gasteiger partial charge in [0.25, 0.3) is 5.91 Å². The Morgan fingerprint density at radius 1 is 1.03 bits per heavy atom. The zero-order chi connectivity index (χ0) is 20.7. The number of fused-ring (bicyclic) bond motifs is 5. The van der Waals surface area contributed by atoms with Crippen molar-refractivity contribution < 1.29 is 4.79 Å². The van der Waals surface area contributed by atoms with Crippen molar-refractivity contribution in [1.29, 1.82) is 0 Å². The summed E-state index contributed by atoms with van der Waals surface area (Å²) in [7, 11) is 1.64. The summed E-state index contributed by atoms with van der Waals surface area (Å²) < 4.78 is 2.02. The van der Waals surface area contributed by atoms with Gasteiger partial charge in [-0.15, -0.1) is 0 Å². The lowest BCUT2D eigenvalue weighted by Gasteiger charge is -2.22. The number of hydrogen-bond donors (Lipinski definition) is 1. The van der Waals surface area contributed by atoms with Gasteiger partial charge in [-0.2, -0.15) is 0 Å². The van der Waals surface area contributed by atoms with E-state index in [1.165, 1.54) is 0 Å². The van der Waals surface area contributed by atoms with E-state index in [4.69, 9.17) is 9.97 Å². The Kier molecular flexibility index (Phi) is 4.75. The van der Waals surface area contributed by atoms with Gasteiger partial charge in [0.05, 0.1) is 16.6 Å². The third kappa shape index (κ3) is 3.06. The van der Waals surface area contributed by atoms with Crippen LogP contribution in [0, 0.1) is 0 Å². The number of anilines is 1. The molecule has 4 aromatic rings. The molecule has 1 aliphatic rings. The van der Waals surface area contributed by atoms with E-state index in [0.29, 0.717) is 11.2 Å². The summed E-state index contributed by atoms with van der Waals surface area (Å²) in [6, 6.07) is 14.0. The van der Waals surface area contributed by atoms with Crippen LogP contribution in [0.1, 0.15) is 23.7 Å². The summed E-state index contributed by atoms with van der Waals surface area (Å²) >= 11 is 0. The molecule has 1 aliphatic heterocycles. The minimum absolute atomic E-state index is 0.145. The van der Waals surface area contributed by atoms with Crippen LogP contribution in [0.3, 0.4) is 0 Å². The molecule has 4 heterocycles. The summed E-state index contributed by atoms with van der Waals surface area (Å²) in [4.78, 5) is 27.2. The Bertz CT molecular complexity index is 1250. The Balaban J connectivity index is 1.71. The first-order valence-corrected chi connectivity index (χ1v) is 10.6. The molecule has 5 rings (SSSR count). The lowest BCUT2D eigenvalue weighted by molar-refractivity contribution is 0.0964. The zero-order valence-electron chi connectivity index (χ0n) is 17.4. The Labute approximate surface area is 175 Å². The van der Waals surface area contributed by atoms with Gasteiger partial charge < -0.3 is 15.1 Å². The minimum atomic E-state index is -0.145. The molecule has 0 saturated carbocycles. The number of benzene rings is 1. The largest absolute Gasteiger partial charge is 0.355 e. The minimum Gasteiger partial charge on any atom is -0.355 e. The quantitative estimate of drug-likeness (QED) is 0.571. The van der Waals surface area contributed by atoms with Crippen molar-refractivity contribution in [1.82, 2.24) is 24.6 Å². The standard InChI is InChI=1S/C23H26N6O/c1-3-27-11-6-12-28(14-13-27)20-10-9-16-15-17(23(30)24-2)22-25-18-7-4-5-8-19(18)29(22)21(16)26-20/h4-5,7-10,15H,3,6,11-14H2,1-2H3,(H,24,30). The first-order valence-electron chi connectivity index (χ1n) is 10.6. The molecule has 3 aromatic heterocycles. The van der Waals surface area contributed by atoms with Crippen molar-refractivity contribution in [3.8, 4) is 0 Å². The van der Waals surface area contributed by atoms with Gasteiger partial charge in [0.15, 0.2) is 5.65 Å². The third-order valence-electron chi connectivity index (χ3n) is 6.04. The van der Waals surface area contributed by atoms with Gasteiger partial charge in [-0.05, 0) is 49.8 Å². The maximum absolute atomic E-state index is 12.6. The molecule has 0 radical (unpaired) electrons. The Morgan fingerprint density at radius 3 is 2.73 bits per heavy atom. The third-order valence-corrected chi connectivity index (χ3v) is 6.04. The maximum atomic E-state index is 12.6. The topological polar surface area (TPSA) is 65.8 Å². The second-order valence-electron chi connectivity index (χ2n) is 7.75. The van der Waals surface area contributed by atoms with Gasteiger partial charge in [0.2, 0.25) is 0 Å². The molecule has 1 aromatic carbocycles. The molecule has 0 unspecified atom stereocenters. The number of rotatable bonds is 3. The van der Waals surface area contributed by atoms with Crippen molar-refractivity contribution in [2.45, 2.75) is 13.3 Å². The molecular formula is C23H26N6O. The number of pyridine rings is 2. The van der Waals surface area contributed by atoms with Crippen LogP contribution in [0.5, 0.6) is 0 Å². The van der Waals surface area contributed by atoms with E-state index in [0.717, 1.165) is 67.0 Å². The van der Waals surface area contributed by atoms with Crippen molar-refractivity contribution in [2.75, 3.05) is 44.7 Å². The molecule has 0 aliphatic carbocycles. The summed E-state index contributed by atoms with van der Waals surface area (Å²) in [5, 5.41) is 3.67. The van der Waals surface area contributed by atoms with E-state index >= 15 is 0 Å². The van der Waals surface area contributed by atoms with Crippen LogP contribution in [0.2, 0.25) is 0 Å². The van der Waals surface area contributed by atoms with Crippen LogP contribution in [0.25, 0.3) is 27.7 Å². The molecule has 1 N–H and O–H groups in total. The molecule has 7 nitrogen and oxygen atoms in total. The van der Waals surface area contributed by atoms with Crippen molar-refractivity contribution in [3.05, 3.63) is 48.0 Å². The number of para-hydroxylation sites is 2. The van der Waals surface area contributed by atoms with Gasteiger partial charge in [-0.3, -0.25) is 9.20 Å². The van der Waals surface area contributed by atoms with Crippen molar-refractivity contribution in [2.24, 2.45) is 0 Å². The maximum Gasteiger partial charge on any atom is 0.254 e. The van der Waals surface area contributed by atoms with E-state index in [1.807, 2.05) is 34.7 Å². The normalized spacial score (nSPS) is 15.7. The molecule has 0 atom stereocenters. The predicted molar refractivity (Wildman–Crippen MR) is 120 cm³/mol. The summed E-state index contributed by atoms with van der Waals surface area (Å²) in [5.74, 6) is 0.834. The number of carbonyl (C=O) groups excluding carboxylic acids is 1. The highest BCUT2D eigenvalue weighted by Gasteiger charge is 2.20. The summed E-state index contributed by atoms with van der Waals surface area (Å²) in [5.41, 5.74) is 3.85. The lowest BCUT2D eigenvalue weighted by Crippen LogP contribution is -2.31. The van der Waals surface area contributed by atoms with Crippen LogP contribution in [-0.2, 0) is 0 Å². The molecule has 0 spiro atoms. The summed E-state index contributed by atoms with van der Waals surface area (Å²) in [6.45, 7) is 7.45. The zero-order valence-corrected chi connectivity index (χ0v) is 17.4. The van der Waals surface area contributed by atoms with Crippen LogP contribution < -0.4 is 10.2 Å². The van der Waals surface area contributed by atoms with E-state index in [1.54, 1.807) is 7.05 Å². The Morgan fingerprint density at radius 2 is 1.90 bits per heavy atom. The molecule has 7 heteroatoms. The molecule has 154 valence electrons. The number of carbonyl (C=O) groups is 1. The van der Waals surface area contributed by atoms with E-state index in [2.05, 4.69) is 34.2 Å². The van der Waals surface area contributed by atoms with Gasteiger partial charge >= 0.3 is 0 Å². The number of nitrogens with one attached hydrogen (secondary N) is 1. The van der Waals surface area contributed by atoms with Crippen molar-refractivity contribution in [3.63, 3.8) is 0 Å². The smallest absolute Gasteiger partial charge is 0.254 e. The number of hydrogen-bond acceptors (Lipinski definition) is 5. The van der Waals surface area contributed by atoms with Gasteiger partial charge in [-0.1, -0.05) is 19.1 Å². The second-order valence-corrected chi connectivity index (χ2v) is 7.75. The SMILES string of the molecule is CCN1CCCN(c2ccc3cc(C(=O)NC)c4nc5ccccc5n4c3n2)CC1. The fourth-order valence-corrected chi connectivity index (χ4v) is 4.38. The second kappa shape index (κ2) is 7.57. The van der Waals surface area contributed by atoms with E-state index in [9.17, 15) is 4.79 Å². The van der Waals surface area contributed by atoms with Gasteiger partial charge in [0.1, 0.15) is 11.5 Å². The number of amides is 1. The van der Waals surface area contributed by atoms with E-state index in [-0.39, 0.29) is 5.91 Å². The first-order chi connectivity index (χ1) is 14.7. The highest BCUT2D eigenvalue weighted by atomic mass is 16.1. The number of aromatic nitrogens is 3. The highest BCUT2D eigenvalue weighted by Crippen LogP contribution is 2.27. The number of likely N-dealkylation sites (N-methyl/N-ethyl adjacent to an activating group) is 1. The fourth-order valence-electron chi connectivity index (χ4n) is 4.38. The summed E-state index contributed by atoms with van der Waals surface area (Å²) in [6.07, 6.45) is 1.13. The molecule has 0 bridgehead atoms. The van der Waals surface area contributed by atoms with Crippen LogP contribution in [0.15, 0.2) is 42.5 Å². The highest BCUT2D eigenvalue weighted by molar-refractivity contribution is 6.05. The van der Waals surface area contributed by atoms with Crippen LogP contribution in [0.4, 0.5) is 5.82 Å². The molecule has 1 amide bonds. The number of nitrogens with zero attached hydrogens (tertiary/aromatic N) is 5. The van der Waals surface area contributed by atoms with E-state index < -0.39 is 0 Å². The Hall–Kier alpha value is -3.19. The van der Waals surface area contributed by atoms with Gasteiger partial charge in [-0.25, -0.2) is 9.97 Å². The molecule has 1 fully saturated rings. The monoisotopic (exact) mass is 402 g/mol. The van der Waals surface area contributed by atoms with Crippen molar-refractivity contribution >= 4 is 39.4 Å². The van der Waals surface area contributed by atoms with Crippen LogP contribution in [-0.4, -0.2) is 64.9 Å². The predicted octanol–water partition coefficient (Wildman–Crippen LogP) is 2.93. The van der Waals surface area contributed by atoms with Gasteiger partial charge in [0, 0.05) is 32.1 Å². The molecule has 30 heavy (non-hydrogen) atoms. The fraction of sp³-hybridized carbons (Fsp3) is 0.348.